The number of carboxylic acid groups (broad SMARTS) is 1. The predicted octanol–water partition coefficient (Wildman–Crippen LogP) is 2.38. The Hall–Kier alpha value is -2.50. The molecule has 1 unspecified atom stereocenters. The molecule has 0 bridgehead atoms. The third kappa shape index (κ3) is 4.75. The van der Waals surface area contributed by atoms with E-state index in [0.29, 0.717) is 6.21 Å². The van der Waals surface area contributed by atoms with Crippen LogP contribution in [-0.4, -0.2) is 33.6 Å². The van der Waals surface area contributed by atoms with Crippen molar-refractivity contribution in [2.45, 2.75) is 17.8 Å². The van der Waals surface area contributed by atoms with Gasteiger partial charge in [-0.25, -0.2) is 8.78 Å². The summed E-state index contributed by atoms with van der Waals surface area (Å²) in [5, 5.41) is 16.6. The molecule has 1 aromatic carbocycles. The first-order chi connectivity index (χ1) is 11.6. The molecule has 2 rings (SSSR count). The number of hydrogen-bond acceptors (Lipinski definition) is 5. The van der Waals surface area contributed by atoms with Crippen LogP contribution < -0.4 is 5.32 Å². The van der Waals surface area contributed by atoms with E-state index < -0.39 is 52.5 Å². The molecule has 2 N–H and O–H groups in total. The van der Waals surface area contributed by atoms with Gasteiger partial charge in [0, 0.05) is 0 Å². The van der Waals surface area contributed by atoms with Gasteiger partial charge in [0.2, 0.25) is 5.91 Å². The number of nitrogens with zero attached hydrogens (tertiary/aromatic N) is 2. The van der Waals surface area contributed by atoms with Crippen LogP contribution in [0.2, 0.25) is 0 Å². The van der Waals surface area contributed by atoms with E-state index in [-0.39, 0.29) is 17.3 Å². The number of carbonyl (C=O) groups is 2. The summed E-state index contributed by atoms with van der Waals surface area (Å²) in [4.78, 5) is 22.0. The molecule has 1 aliphatic heterocycles. The molecule has 0 aromatic heterocycles. The van der Waals surface area contributed by atoms with Gasteiger partial charge in [-0.15, -0.1) is 5.10 Å². The number of alkyl halides is 3. The first-order valence-corrected chi connectivity index (χ1v) is 7.32. The van der Waals surface area contributed by atoms with Crippen molar-refractivity contribution < 1.29 is 36.6 Å². The summed E-state index contributed by atoms with van der Waals surface area (Å²) in [5.41, 5.74) is -2.32. The Morgan fingerprint density at radius 1 is 1.32 bits per heavy atom. The van der Waals surface area contributed by atoms with E-state index in [9.17, 15) is 31.5 Å². The maximum absolute atomic E-state index is 13.6. The molecule has 1 saturated heterocycles. The number of carboxylic acids is 1. The number of amidine groups is 1. The van der Waals surface area contributed by atoms with Crippen LogP contribution in [0.4, 0.5) is 22.0 Å². The molecule has 0 spiro atoms. The summed E-state index contributed by atoms with van der Waals surface area (Å²) < 4.78 is 64.5. The van der Waals surface area contributed by atoms with Gasteiger partial charge in [0.25, 0.3) is 0 Å². The van der Waals surface area contributed by atoms with Gasteiger partial charge in [-0.3, -0.25) is 9.59 Å². The van der Waals surface area contributed by atoms with Gasteiger partial charge >= 0.3 is 12.1 Å². The van der Waals surface area contributed by atoms with Gasteiger partial charge < -0.3 is 10.4 Å². The number of thioether (sulfide) groups is 1. The first kappa shape index (κ1) is 18.8. The lowest BCUT2D eigenvalue weighted by molar-refractivity contribution is -0.138. The van der Waals surface area contributed by atoms with Crippen molar-refractivity contribution in [2.75, 3.05) is 0 Å². The molecule has 1 amide bonds. The average molecular weight is 381 g/mol. The van der Waals surface area contributed by atoms with Gasteiger partial charge in [-0.05, 0) is 12.1 Å². The number of nitrogens with one attached hydrogen (secondary N) is 1. The fourth-order valence-corrected chi connectivity index (χ4v) is 2.67. The standard InChI is InChI=1S/C13H8F5N3O3S/c14-7-1-5(13(16,17)18)2-8(15)6(7)4-19-21-12-20-11(24)9(25-12)3-10(22)23/h1-2,4,9H,3H2,(H,22,23)(H,20,21,24). The molecule has 25 heavy (non-hydrogen) atoms. The van der Waals surface area contributed by atoms with E-state index in [0.717, 1.165) is 11.8 Å². The van der Waals surface area contributed by atoms with Crippen molar-refractivity contribution in [3.05, 3.63) is 34.9 Å². The van der Waals surface area contributed by atoms with Gasteiger partial charge in [-0.2, -0.15) is 18.3 Å². The summed E-state index contributed by atoms with van der Waals surface area (Å²) in [6.07, 6.45) is -4.81. The van der Waals surface area contributed by atoms with Crippen LogP contribution in [0.1, 0.15) is 17.5 Å². The van der Waals surface area contributed by atoms with Gasteiger partial charge in [0.15, 0.2) is 5.17 Å². The zero-order valence-corrected chi connectivity index (χ0v) is 12.8. The van der Waals surface area contributed by atoms with Crippen LogP contribution in [0.15, 0.2) is 22.3 Å². The Labute approximate surface area is 140 Å². The van der Waals surface area contributed by atoms with Crippen molar-refractivity contribution >= 4 is 35.0 Å². The van der Waals surface area contributed by atoms with Crippen LogP contribution in [0.5, 0.6) is 0 Å². The highest BCUT2D eigenvalue weighted by atomic mass is 32.2. The minimum atomic E-state index is -4.90. The first-order valence-electron chi connectivity index (χ1n) is 6.44. The van der Waals surface area contributed by atoms with Crippen LogP contribution >= 0.6 is 11.8 Å². The number of amides is 1. The van der Waals surface area contributed by atoms with Crippen molar-refractivity contribution in [3.8, 4) is 0 Å². The molecule has 6 nitrogen and oxygen atoms in total. The molecule has 1 fully saturated rings. The summed E-state index contributed by atoms with van der Waals surface area (Å²) in [7, 11) is 0. The summed E-state index contributed by atoms with van der Waals surface area (Å²) >= 11 is 0.755. The number of aliphatic carboxylic acids is 1. The zero-order valence-electron chi connectivity index (χ0n) is 12.0. The summed E-state index contributed by atoms with van der Waals surface area (Å²) in [6.45, 7) is 0. The molecule has 1 atom stereocenters. The van der Waals surface area contributed by atoms with E-state index in [4.69, 9.17) is 5.11 Å². The van der Waals surface area contributed by atoms with E-state index in [1.165, 1.54) is 0 Å². The summed E-state index contributed by atoms with van der Waals surface area (Å²) in [6, 6.07) is 0.235. The highest BCUT2D eigenvalue weighted by Gasteiger charge is 2.33. The minimum Gasteiger partial charge on any atom is -0.481 e. The van der Waals surface area contributed by atoms with Gasteiger partial charge in [0.05, 0.1) is 23.8 Å². The van der Waals surface area contributed by atoms with Crippen LogP contribution in [-0.2, 0) is 15.8 Å². The second-order valence-corrected chi connectivity index (χ2v) is 5.89. The molecule has 12 heteroatoms. The highest BCUT2D eigenvalue weighted by molar-refractivity contribution is 8.15. The van der Waals surface area contributed by atoms with E-state index in [1.54, 1.807) is 0 Å². The maximum atomic E-state index is 13.6. The Morgan fingerprint density at radius 3 is 2.44 bits per heavy atom. The largest absolute Gasteiger partial charge is 0.481 e. The number of halogens is 5. The lowest BCUT2D eigenvalue weighted by Gasteiger charge is -2.08. The lowest BCUT2D eigenvalue weighted by atomic mass is 10.1. The average Bonchev–Trinajstić information content (AvgIpc) is 2.80. The Bertz CT molecular complexity index is 756. The van der Waals surface area contributed by atoms with Gasteiger partial charge in [-0.1, -0.05) is 11.8 Å². The van der Waals surface area contributed by atoms with E-state index in [2.05, 4.69) is 15.5 Å². The van der Waals surface area contributed by atoms with Crippen molar-refractivity contribution in [2.24, 2.45) is 10.2 Å². The van der Waals surface area contributed by atoms with Crippen molar-refractivity contribution in [1.29, 1.82) is 0 Å². The third-order valence-electron chi connectivity index (χ3n) is 2.88. The smallest absolute Gasteiger partial charge is 0.416 e. The second-order valence-electron chi connectivity index (χ2n) is 4.69. The zero-order chi connectivity index (χ0) is 18.8. The third-order valence-corrected chi connectivity index (χ3v) is 3.95. The van der Waals surface area contributed by atoms with Crippen molar-refractivity contribution in [1.82, 2.24) is 5.32 Å². The Morgan fingerprint density at radius 2 is 1.92 bits per heavy atom. The lowest BCUT2D eigenvalue weighted by Crippen LogP contribution is -2.26. The number of rotatable bonds is 4. The molecule has 0 aliphatic carbocycles. The molecule has 0 radical (unpaired) electrons. The highest BCUT2D eigenvalue weighted by Crippen LogP contribution is 2.31. The second kappa shape index (κ2) is 7.17. The SMILES string of the molecule is O=C(O)CC1SC(=NN=Cc2c(F)cc(C(F)(F)F)cc2F)NC1=O. The fourth-order valence-electron chi connectivity index (χ4n) is 1.76. The minimum absolute atomic E-state index is 0.0970. The topological polar surface area (TPSA) is 91.1 Å². The predicted molar refractivity (Wildman–Crippen MR) is 78.2 cm³/mol. The fraction of sp³-hybridized carbons (Fsp3) is 0.231. The molecule has 0 saturated carbocycles. The Kier molecular flexibility index (Phi) is 5.40. The number of carbonyl (C=O) groups excluding carboxylic acids is 1. The Balaban J connectivity index is 2.15. The van der Waals surface area contributed by atoms with Crippen LogP contribution in [0.25, 0.3) is 0 Å². The van der Waals surface area contributed by atoms with Crippen LogP contribution in [0.3, 0.4) is 0 Å². The van der Waals surface area contributed by atoms with E-state index >= 15 is 0 Å². The normalized spacial score (nSPS) is 19.6. The van der Waals surface area contributed by atoms with Crippen molar-refractivity contribution in [3.63, 3.8) is 0 Å². The van der Waals surface area contributed by atoms with E-state index in [1.807, 2.05) is 0 Å². The monoisotopic (exact) mass is 381 g/mol. The van der Waals surface area contributed by atoms with Gasteiger partial charge in [0.1, 0.15) is 16.9 Å². The molecular weight excluding hydrogens is 373 g/mol. The molecule has 1 heterocycles. The summed E-state index contributed by atoms with van der Waals surface area (Å²) in [5.74, 6) is -4.79. The number of benzene rings is 1. The molecule has 1 aromatic rings. The van der Waals surface area contributed by atoms with Crippen LogP contribution in [0, 0.1) is 11.6 Å². The quantitative estimate of drug-likeness (QED) is 0.476. The molecular formula is C13H8F5N3O3S. The maximum Gasteiger partial charge on any atom is 0.416 e. The molecule has 1 aliphatic rings. The number of hydrogen-bond donors (Lipinski definition) is 2. The molecule has 134 valence electrons.